The van der Waals surface area contributed by atoms with Gasteiger partial charge in [-0.05, 0) is 0 Å². The second-order valence-electron chi connectivity index (χ2n) is 3.01. The van der Waals surface area contributed by atoms with Gasteiger partial charge in [0.15, 0.2) is 0 Å². The predicted molar refractivity (Wildman–Crippen MR) is 54.0 cm³/mol. The zero-order chi connectivity index (χ0) is 10.7. The summed E-state index contributed by atoms with van der Waals surface area (Å²) in [5.41, 5.74) is 1.41. The molecular formula is C11H8N2O2. The van der Waals surface area contributed by atoms with Gasteiger partial charge in [0.1, 0.15) is 11.9 Å². The molecule has 2 aromatic rings. The van der Waals surface area contributed by atoms with Gasteiger partial charge in [0, 0.05) is 5.56 Å². The molecule has 0 aliphatic heterocycles. The normalized spacial score (nSPS) is 9.87. The molecule has 1 aromatic heterocycles. The Morgan fingerprint density at radius 3 is 2.60 bits per heavy atom. The van der Waals surface area contributed by atoms with Crippen molar-refractivity contribution in [3.8, 4) is 11.3 Å². The quantitative estimate of drug-likeness (QED) is 0.415. The van der Waals surface area contributed by atoms with Crippen LogP contribution in [0.5, 0.6) is 0 Å². The zero-order valence-electron chi connectivity index (χ0n) is 7.83. The molecule has 0 saturated carbocycles. The van der Waals surface area contributed by atoms with Crippen LogP contribution in [0.2, 0.25) is 0 Å². The number of benzene rings is 1. The summed E-state index contributed by atoms with van der Waals surface area (Å²) in [5.74, 6) is 0. The van der Waals surface area contributed by atoms with Crippen molar-refractivity contribution in [1.29, 1.82) is 0 Å². The van der Waals surface area contributed by atoms with E-state index in [-0.39, 0.29) is 5.69 Å². The Balaban J connectivity index is 2.47. The lowest BCUT2D eigenvalue weighted by atomic mass is 10.2. The monoisotopic (exact) mass is 200 g/mol. The average Bonchev–Trinajstić information content (AvgIpc) is 2.30. The van der Waals surface area contributed by atoms with E-state index in [1.54, 1.807) is 0 Å². The summed E-state index contributed by atoms with van der Waals surface area (Å²) in [6.07, 6.45) is 3.04. The van der Waals surface area contributed by atoms with Crippen LogP contribution in [0, 0.1) is 5.21 Å². The molecule has 0 aliphatic rings. The van der Waals surface area contributed by atoms with Crippen LogP contribution in [0.25, 0.3) is 11.3 Å². The molecule has 0 saturated heterocycles. The SMILES string of the molecule is O=Cc1cnc(-c2ccccc2)c[n+]1[O-]. The fourth-order valence-electron chi connectivity index (χ4n) is 1.25. The van der Waals surface area contributed by atoms with Crippen molar-refractivity contribution in [2.45, 2.75) is 0 Å². The minimum absolute atomic E-state index is 0.00896. The van der Waals surface area contributed by atoms with Crippen molar-refractivity contribution in [2.75, 3.05) is 0 Å². The second-order valence-corrected chi connectivity index (χ2v) is 3.01. The van der Waals surface area contributed by atoms with Crippen molar-refractivity contribution >= 4 is 6.29 Å². The van der Waals surface area contributed by atoms with Crippen LogP contribution >= 0.6 is 0 Å². The molecule has 1 heterocycles. The highest BCUT2D eigenvalue weighted by molar-refractivity contribution is 5.69. The molecule has 0 fully saturated rings. The molecule has 0 amide bonds. The lowest BCUT2D eigenvalue weighted by molar-refractivity contribution is -0.607. The Bertz CT molecular complexity index is 483. The molecule has 15 heavy (non-hydrogen) atoms. The maximum atomic E-state index is 11.3. The van der Waals surface area contributed by atoms with Gasteiger partial charge in [-0.3, -0.25) is 4.79 Å². The molecule has 4 nitrogen and oxygen atoms in total. The van der Waals surface area contributed by atoms with Crippen LogP contribution in [0.3, 0.4) is 0 Å². The molecule has 2 rings (SSSR count). The van der Waals surface area contributed by atoms with Gasteiger partial charge in [-0.2, -0.15) is 4.73 Å². The van der Waals surface area contributed by atoms with Gasteiger partial charge in [0.05, 0.1) is 0 Å². The van der Waals surface area contributed by atoms with Crippen LogP contribution in [0.4, 0.5) is 0 Å². The van der Waals surface area contributed by atoms with E-state index < -0.39 is 0 Å². The third-order valence-corrected chi connectivity index (χ3v) is 2.02. The highest BCUT2D eigenvalue weighted by atomic mass is 16.5. The van der Waals surface area contributed by atoms with E-state index in [1.165, 1.54) is 12.4 Å². The van der Waals surface area contributed by atoms with Gasteiger partial charge in [-0.25, -0.2) is 4.98 Å². The Morgan fingerprint density at radius 1 is 1.27 bits per heavy atom. The Labute approximate surface area is 86.4 Å². The van der Waals surface area contributed by atoms with Gasteiger partial charge in [-0.15, -0.1) is 0 Å². The minimum Gasteiger partial charge on any atom is -0.618 e. The summed E-state index contributed by atoms with van der Waals surface area (Å²) < 4.78 is 0.516. The highest BCUT2D eigenvalue weighted by Crippen LogP contribution is 2.13. The van der Waals surface area contributed by atoms with Gasteiger partial charge < -0.3 is 5.21 Å². The number of hydrogen-bond donors (Lipinski definition) is 0. The van der Waals surface area contributed by atoms with E-state index in [0.29, 0.717) is 16.7 Å². The lowest BCUT2D eigenvalue weighted by Gasteiger charge is -2.01. The molecule has 0 N–H and O–H groups in total. The maximum absolute atomic E-state index is 11.3. The first-order valence-electron chi connectivity index (χ1n) is 4.41. The van der Waals surface area contributed by atoms with E-state index in [2.05, 4.69) is 4.98 Å². The third-order valence-electron chi connectivity index (χ3n) is 2.02. The molecule has 0 unspecified atom stereocenters. The van der Waals surface area contributed by atoms with E-state index in [4.69, 9.17) is 0 Å². The van der Waals surface area contributed by atoms with Crippen LogP contribution in [0.1, 0.15) is 10.5 Å². The molecule has 74 valence electrons. The summed E-state index contributed by atoms with van der Waals surface area (Å²) in [6.45, 7) is 0. The Hall–Kier alpha value is -2.23. The number of aromatic nitrogens is 2. The van der Waals surface area contributed by atoms with Crippen LogP contribution in [0.15, 0.2) is 42.7 Å². The van der Waals surface area contributed by atoms with Crippen molar-refractivity contribution in [3.05, 3.63) is 53.6 Å². The molecule has 0 radical (unpaired) electrons. The molecule has 0 spiro atoms. The average molecular weight is 200 g/mol. The fraction of sp³-hybridized carbons (Fsp3) is 0. The molecule has 4 heteroatoms. The van der Waals surface area contributed by atoms with Crippen molar-refractivity contribution in [3.63, 3.8) is 0 Å². The van der Waals surface area contributed by atoms with Crippen molar-refractivity contribution in [2.24, 2.45) is 0 Å². The summed E-state index contributed by atoms with van der Waals surface area (Å²) in [7, 11) is 0. The summed E-state index contributed by atoms with van der Waals surface area (Å²) in [4.78, 5) is 14.4. The smallest absolute Gasteiger partial charge is 0.275 e. The molecule has 0 bridgehead atoms. The minimum atomic E-state index is 0.00896. The predicted octanol–water partition coefficient (Wildman–Crippen LogP) is 1.19. The van der Waals surface area contributed by atoms with E-state index in [1.807, 2.05) is 30.3 Å². The summed E-state index contributed by atoms with van der Waals surface area (Å²) in [6, 6.07) is 9.31. The fourth-order valence-corrected chi connectivity index (χ4v) is 1.25. The number of carbonyl (C=O) groups is 1. The van der Waals surface area contributed by atoms with Crippen LogP contribution in [-0.4, -0.2) is 11.3 Å². The van der Waals surface area contributed by atoms with Crippen molar-refractivity contribution < 1.29 is 9.52 Å². The number of carbonyl (C=O) groups excluding carboxylic acids is 1. The third kappa shape index (κ3) is 1.83. The van der Waals surface area contributed by atoms with E-state index in [9.17, 15) is 10.0 Å². The Kier molecular flexibility index (Phi) is 2.41. The van der Waals surface area contributed by atoms with Crippen LogP contribution in [-0.2, 0) is 0 Å². The standard InChI is InChI=1S/C11H8N2O2/c14-8-10-6-12-11(7-13(10)15)9-4-2-1-3-5-9/h1-8H. The van der Waals surface area contributed by atoms with Gasteiger partial charge in [-0.1, -0.05) is 30.3 Å². The second kappa shape index (κ2) is 3.88. The first-order valence-corrected chi connectivity index (χ1v) is 4.41. The highest BCUT2D eigenvalue weighted by Gasteiger charge is 2.07. The molecular weight excluding hydrogens is 192 g/mol. The van der Waals surface area contributed by atoms with E-state index in [0.717, 1.165) is 5.56 Å². The number of aldehydes is 1. The van der Waals surface area contributed by atoms with E-state index >= 15 is 0 Å². The number of nitrogens with zero attached hydrogens (tertiary/aromatic N) is 2. The lowest BCUT2D eigenvalue weighted by Crippen LogP contribution is -2.31. The summed E-state index contributed by atoms with van der Waals surface area (Å²) in [5, 5.41) is 11.3. The Morgan fingerprint density at radius 2 is 2.00 bits per heavy atom. The maximum Gasteiger partial charge on any atom is 0.275 e. The topological polar surface area (TPSA) is 56.9 Å². The molecule has 1 aromatic carbocycles. The first-order chi connectivity index (χ1) is 7.31. The van der Waals surface area contributed by atoms with Gasteiger partial charge in [0.25, 0.3) is 5.69 Å². The molecule has 0 atom stereocenters. The van der Waals surface area contributed by atoms with Gasteiger partial charge >= 0.3 is 0 Å². The molecule has 0 aliphatic carbocycles. The van der Waals surface area contributed by atoms with Gasteiger partial charge in [0.2, 0.25) is 12.5 Å². The van der Waals surface area contributed by atoms with Crippen molar-refractivity contribution in [1.82, 2.24) is 4.98 Å². The summed E-state index contributed by atoms with van der Waals surface area (Å²) >= 11 is 0. The zero-order valence-corrected chi connectivity index (χ0v) is 7.83. The van der Waals surface area contributed by atoms with Crippen LogP contribution < -0.4 is 4.73 Å². The first kappa shape index (κ1) is 9.33. The number of rotatable bonds is 2. The number of hydrogen-bond acceptors (Lipinski definition) is 3. The largest absolute Gasteiger partial charge is 0.618 e.